The smallest absolute Gasteiger partial charge is 0.481 e. The van der Waals surface area contributed by atoms with Crippen LogP contribution in [0.3, 0.4) is 0 Å². The molecule has 14 heavy (non-hydrogen) atoms. The summed E-state index contributed by atoms with van der Waals surface area (Å²) in [6.45, 7) is 0. The van der Waals surface area contributed by atoms with E-state index in [-0.39, 0.29) is 11.9 Å². The van der Waals surface area contributed by atoms with Gasteiger partial charge in [-0.05, 0) is 17.1 Å². The molecule has 74 valence electrons. The van der Waals surface area contributed by atoms with Crippen molar-refractivity contribution in [3.05, 3.63) is 23.8 Å². The van der Waals surface area contributed by atoms with Crippen molar-refractivity contribution in [1.82, 2.24) is 0 Å². The van der Waals surface area contributed by atoms with E-state index in [9.17, 15) is 4.79 Å². The van der Waals surface area contributed by atoms with E-state index in [1.54, 1.807) is 0 Å². The fourth-order valence-corrected chi connectivity index (χ4v) is 1.10. The average Bonchev–Trinajstić information content (AvgIpc) is 2.07. The SMILES string of the molecule is Nc1ccc(B(O)O)cc1CC(=O)O. The first kappa shape index (κ1) is 10.6. The number of carbonyl (C=O) groups is 1. The molecule has 0 unspecified atom stereocenters. The molecule has 0 saturated heterocycles. The molecule has 1 aromatic rings. The monoisotopic (exact) mass is 195 g/mol. The lowest BCUT2D eigenvalue weighted by atomic mass is 9.79. The number of aliphatic carboxylic acids is 1. The first-order chi connectivity index (χ1) is 6.50. The van der Waals surface area contributed by atoms with E-state index in [2.05, 4.69) is 0 Å². The quantitative estimate of drug-likeness (QED) is 0.350. The van der Waals surface area contributed by atoms with Crippen molar-refractivity contribution in [3.63, 3.8) is 0 Å². The maximum Gasteiger partial charge on any atom is 0.488 e. The fraction of sp³-hybridized carbons (Fsp3) is 0.125. The lowest BCUT2D eigenvalue weighted by Gasteiger charge is -2.05. The van der Waals surface area contributed by atoms with Crippen molar-refractivity contribution in [1.29, 1.82) is 0 Å². The van der Waals surface area contributed by atoms with Gasteiger partial charge in [0.2, 0.25) is 0 Å². The Bertz CT molecular complexity index is 353. The number of rotatable bonds is 3. The number of carboxylic acid groups (broad SMARTS) is 1. The van der Waals surface area contributed by atoms with E-state index in [0.717, 1.165) is 0 Å². The zero-order chi connectivity index (χ0) is 10.7. The largest absolute Gasteiger partial charge is 0.488 e. The molecule has 0 fully saturated rings. The lowest BCUT2D eigenvalue weighted by Crippen LogP contribution is -2.30. The third-order valence-corrected chi connectivity index (χ3v) is 1.81. The molecule has 0 bridgehead atoms. The summed E-state index contributed by atoms with van der Waals surface area (Å²) in [4.78, 5) is 10.4. The van der Waals surface area contributed by atoms with Gasteiger partial charge in [-0.2, -0.15) is 0 Å². The van der Waals surface area contributed by atoms with Crippen LogP contribution < -0.4 is 11.2 Å². The second-order valence-electron chi connectivity index (χ2n) is 2.90. The Kier molecular flexibility index (Phi) is 3.11. The molecule has 0 aliphatic rings. The molecule has 0 amide bonds. The summed E-state index contributed by atoms with van der Waals surface area (Å²) in [5, 5.41) is 26.2. The Morgan fingerprint density at radius 1 is 1.43 bits per heavy atom. The van der Waals surface area contributed by atoms with Crippen LogP contribution in [0.1, 0.15) is 5.56 Å². The van der Waals surface area contributed by atoms with Gasteiger partial charge in [-0.25, -0.2) is 0 Å². The third-order valence-electron chi connectivity index (χ3n) is 1.81. The third kappa shape index (κ3) is 2.48. The van der Waals surface area contributed by atoms with Crippen LogP contribution >= 0.6 is 0 Å². The maximum absolute atomic E-state index is 10.4. The van der Waals surface area contributed by atoms with Crippen LogP contribution in [-0.2, 0) is 11.2 Å². The Hall–Kier alpha value is -1.53. The summed E-state index contributed by atoms with van der Waals surface area (Å²) < 4.78 is 0. The molecular weight excluding hydrogens is 185 g/mol. The molecule has 0 aromatic heterocycles. The van der Waals surface area contributed by atoms with Crippen molar-refractivity contribution in [2.45, 2.75) is 6.42 Å². The van der Waals surface area contributed by atoms with Crippen LogP contribution in [0.4, 0.5) is 5.69 Å². The topological polar surface area (TPSA) is 104 Å². The second-order valence-corrected chi connectivity index (χ2v) is 2.90. The molecule has 1 rings (SSSR count). The Morgan fingerprint density at radius 2 is 2.07 bits per heavy atom. The van der Waals surface area contributed by atoms with E-state index in [0.29, 0.717) is 11.3 Å². The molecule has 0 spiro atoms. The highest BCUT2D eigenvalue weighted by Crippen LogP contribution is 2.10. The predicted octanol–water partition coefficient (Wildman–Crippen LogP) is -1.42. The van der Waals surface area contributed by atoms with Crippen LogP contribution in [0.5, 0.6) is 0 Å². The Morgan fingerprint density at radius 3 is 2.57 bits per heavy atom. The van der Waals surface area contributed by atoms with Gasteiger partial charge in [0.1, 0.15) is 0 Å². The number of anilines is 1. The molecule has 5 N–H and O–H groups in total. The van der Waals surface area contributed by atoms with Crippen LogP contribution in [0.2, 0.25) is 0 Å². The van der Waals surface area contributed by atoms with Crippen molar-refractivity contribution in [2.24, 2.45) is 0 Å². The van der Waals surface area contributed by atoms with Gasteiger partial charge < -0.3 is 20.9 Å². The summed E-state index contributed by atoms with van der Waals surface area (Å²) in [5.41, 5.74) is 6.45. The van der Waals surface area contributed by atoms with Crippen LogP contribution in [-0.4, -0.2) is 28.2 Å². The van der Waals surface area contributed by atoms with Gasteiger partial charge in [0.15, 0.2) is 0 Å². The highest BCUT2D eigenvalue weighted by Gasteiger charge is 2.13. The first-order valence-corrected chi connectivity index (χ1v) is 3.97. The molecule has 0 heterocycles. The normalized spacial score (nSPS) is 9.86. The van der Waals surface area contributed by atoms with Gasteiger partial charge in [-0.15, -0.1) is 0 Å². The molecule has 0 saturated carbocycles. The molecule has 0 radical (unpaired) electrons. The van der Waals surface area contributed by atoms with Gasteiger partial charge in [0.05, 0.1) is 6.42 Å². The van der Waals surface area contributed by atoms with E-state index in [4.69, 9.17) is 20.9 Å². The van der Waals surface area contributed by atoms with Crippen LogP contribution in [0.25, 0.3) is 0 Å². The Labute approximate surface area is 80.9 Å². The zero-order valence-electron chi connectivity index (χ0n) is 7.34. The molecule has 0 atom stereocenters. The van der Waals surface area contributed by atoms with Crippen LogP contribution in [0.15, 0.2) is 18.2 Å². The van der Waals surface area contributed by atoms with Crippen molar-refractivity contribution in [2.75, 3.05) is 5.73 Å². The maximum atomic E-state index is 10.4. The van der Waals surface area contributed by atoms with Gasteiger partial charge in [-0.3, -0.25) is 4.79 Å². The van der Waals surface area contributed by atoms with Crippen molar-refractivity contribution < 1.29 is 19.9 Å². The Balaban J connectivity index is 3.02. The number of benzene rings is 1. The predicted molar refractivity (Wildman–Crippen MR) is 52.0 cm³/mol. The standard InChI is InChI=1S/C8H10BNO4/c10-7-2-1-6(9(13)14)3-5(7)4-8(11)12/h1-3,13-14H,4,10H2,(H,11,12). The van der Waals surface area contributed by atoms with Crippen molar-refractivity contribution in [3.8, 4) is 0 Å². The number of nitrogens with two attached hydrogens (primary N) is 1. The molecule has 0 aliphatic carbocycles. The lowest BCUT2D eigenvalue weighted by molar-refractivity contribution is -0.136. The molecular formula is C8H10BNO4. The summed E-state index contributed by atoms with van der Waals surface area (Å²) >= 11 is 0. The van der Waals surface area contributed by atoms with E-state index >= 15 is 0 Å². The van der Waals surface area contributed by atoms with Gasteiger partial charge in [-0.1, -0.05) is 12.1 Å². The van der Waals surface area contributed by atoms with Gasteiger partial charge in [0.25, 0.3) is 0 Å². The highest BCUT2D eigenvalue weighted by atomic mass is 16.4. The molecule has 0 aliphatic heterocycles. The number of carboxylic acids is 1. The molecule has 1 aromatic carbocycles. The van der Waals surface area contributed by atoms with E-state index < -0.39 is 13.1 Å². The molecule has 6 heteroatoms. The van der Waals surface area contributed by atoms with Crippen LogP contribution in [0, 0.1) is 0 Å². The van der Waals surface area contributed by atoms with Crippen molar-refractivity contribution >= 4 is 24.2 Å². The summed E-state index contributed by atoms with van der Waals surface area (Å²) in [6.07, 6.45) is -0.230. The number of hydrogen-bond donors (Lipinski definition) is 4. The number of nitrogen functional groups attached to an aromatic ring is 1. The summed E-state index contributed by atoms with van der Waals surface area (Å²) in [6, 6.07) is 4.26. The van der Waals surface area contributed by atoms with Gasteiger partial charge in [0, 0.05) is 5.69 Å². The fourth-order valence-electron chi connectivity index (χ4n) is 1.10. The minimum absolute atomic E-state index is 0.230. The summed E-state index contributed by atoms with van der Waals surface area (Å²) in [7, 11) is -1.61. The van der Waals surface area contributed by atoms with Gasteiger partial charge >= 0.3 is 13.1 Å². The average molecular weight is 195 g/mol. The second kappa shape index (κ2) is 4.12. The minimum Gasteiger partial charge on any atom is -0.481 e. The summed E-state index contributed by atoms with van der Waals surface area (Å²) in [5.74, 6) is -1.01. The molecule has 5 nitrogen and oxygen atoms in total. The van der Waals surface area contributed by atoms with E-state index in [1.807, 2.05) is 0 Å². The minimum atomic E-state index is -1.61. The zero-order valence-corrected chi connectivity index (χ0v) is 7.34. The highest BCUT2D eigenvalue weighted by molar-refractivity contribution is 6.58. The van der Waals surface area contributed by atoms with E-state index in [1.165, 1.54) is 18.2 Å². The number of hydrogen-bond acceptors (Lipinski definition) is 4. The first-order valence-electron chi connectivity index (χ1n) is 3.97.